The number of carbonyl (C=O) groups excluding carboxylic acids is 2. The fraction of sp³-hybridized carbons (Fsp3) is 0.0667. The molecule has 0 atom stereocenters. The molecule has 1 aromatic carbocycles. The van der Waals surface area contributed by atoms with Crippen molar-refractivity contribution in [3.05, 3.63) is 66.0 Å². The van der Waals surface area contributed by atoms with Gasteiger partial charge in [0.25, 0.3) is 0 Å². The molecule has 2 amide bonds. The van der Waals surface area contributed by atoms with Crippen molar-refractivity contribution < 1.29 is 9.59 Å². The Labute approximate surface area is 121 Å². The highest BCUT2D eigenvalue weighted by molar-refractivity contribution is 6.35. The smallest absolute Gasteiger partial charge is 0.329 e. The zero-order valence-corrected chi connectivity index (χ0v) is 11.2. The molecule has 0 radical (unpaired) electrons. The van der Waals surface area contributed by atoms with Crippen molar-refractivity contribution in [2.75, 3.05) is 0 Å². The molecule has 2 rings (SSSR count). The summed E-state index contributed by atoms with van der Waals surface area (Å²) in [5, 5.41) is 6.18. The second-order valence-electron chi connectivity index (χ2n) is 4.12. The van der Waals surface area contributed by atoms with Crippen molar-refractivity contribution in [1.82, 2.24) is 15.7 Å². The Balaban J connectivity index is 1.78. The molecule has 0 saturated heterocycles. The van der Waals surface area contributed by atoms with Gasteiger partial charge in [-0.1, -0.05) is 36.4 Å². The molecule has 0 unspecified atom stereocenters. The third-order valence-electron chi connectivity index (χ3n) is 2.55. The Morgan fingerprint density at radius 3 is 2.52 bits per heavy atom. The molecular weight excluding hydrogens is 268 g/mol. The molecule has 1 aromatic heterocycles. The first kappa shape index (κ1) is 14.4. The second-order valence-corrected chi connectivity index (χ2v) is 4.12. The van der Waals surface area contributed by atoms with E-state index in [9.17, 15) is 9.59 Å². The monoisotopic (exact) mass is 282 g/mol. The van der Waals surface area contributed by atoms with Crippen LogP contribution in [0.2, 0.25) is 0 Å². The first-order valence-electron chi connectivity index (χ1n) is 6.32. The summed E-state index contributed by atoms with van der Waals surface area (Å²) in [5.41, 5.74) is 3.64. The number of pyridine rings is 1. The molecule has 0 spiro atoms. The Morgan fingerprint density at radius 1 is 1.05 bits per heavy atom. The highest BCUT2D eigenvalue weighted by atomic mass is 16.2. The molecule has 0 aliphatic heterocycles. The lowest BCUT2D eigenvalue weighted by atomic mass is 10.2. The van der Waals surface area contributed by atoms with Gasteiger partial charge in [0, 0.05) is 12.7 Å². The van der Waals surface area contributed by atoms with Gasteiger partial charge >= 0.3 is 11.8 Å². The Hall–Kier alpha value is -3.02. The second kappa shape index (κ2) is 7.54. The minimum Gasteiger partial charge on any atom is -0.344 e. The van der Waals surface area contributed by atoms with Crippen LogP contribution in [-0.2, 0) is 16.1 Å². The molecule has 0 aliphatic rings. The van der Waals surface area contributed by atoms with E-state index in [2.05, 4.69) is 20.8 Å². The van der Waals surface area contributed by atoms with Crippen molar-refractivity contribution in [3.63, 3.8) is 0 Å². The molecule has 2 aromatic rings. The third-order valence-corrected chi connectivity index (χ3v) is 2.55. The Kier molecular flexibility index (Phi) is 5.17. The van der Waals surface area contributed by atoms with E-state index >= 15 is 0 Å². The number of hydrazone groups is 1. The fourth-order valence-electron chi connectivity index (χ4n) is 1.52. The number of rotatable bonds is 4. The van der Waals surface area contributed by atoms with E-state index < -0.39 is 11.8 Å². The highest BCUT2D eigenvalue weighted by Gasteiger charge is 2.11. The zero-order valence-electron chi connectivity index (χ0n) is 11.2. The largest absolute Gasteiger partial charge is 0.344 e. The summed E-state index contributed by atoms with van der Waals surface area (Å²) in [6.45, 7) is 0.289. The van der Waals surface area contributed by atoms with Gasteiger partial charge in [-0.25, -0.2) is 5.43 Å². The number of carbonyl (C=O) groups is 2. The first-order valence-corrected chi connectivity index (χ1v) is 6.32. The Morgan fingerprint density at radius 2 is 1.81 bits per heavy atom. The van der Waals surface area contributed by atoms with Gasteiger partial charge in [0.05, 0.1) is 11.9 Å². The van der Waals surface area contributed by atoms with Crippen LogP contribution in [0.25, 0.3) is 0 Å². The minimum atomic E-state index is -0.821. The molecular formula is C15H14N4O2. The number of hydrogen-bond acceptors (Lipinski definition) is 4. The molecule has 0 bridgehead atoms. The quantitative estimate of drug-likeness (QED) is 0.495. The van der Waals surface area contributed by atoms with Crippen LogP contribution in [0.5, 0.6) is 0 Å². The van der Waals surface area contributed by atoms with Crippen molar-refractivity contribution >= 4 is 18.0 Å². The summed E-state index contributed by atoms with van der Waals surface area (Å²) in [4.78, 5) is 27.0. The molecule has 0 aliphatic carbocycles. The van der Waals surface area contributed by atoms with Crippen LogP contribution in [-0.4, -0.2) is 23.0 Å². The predicted molar refractivity (Wildman–Crippen MR) is 78.3 cm³/mol. The summed E-state index contributed by atoms with van der Waals surface area (Å²) >= 11 is 0. The average molecular weight is 282 g/mol. The molecule has 106 valence electrons. The van der Waals surface area contributed by atoms with E-state index in [1.54, 1.807) is 24.4 Å². The van der Waals surface area contributed by atoms with Crippen molar-refractivity contribution in [2.24, 2.45) is 5.10 Å². The summed E-state index contributed by atoms with van der Waals surface area (Å²) < 4.78 is 0. The SMILES string of the molecule is O=C(NCc1ccccc1)C(=O)N/N=C\c1ccccn1. The minimum absolute atomic E-state index is 0.289. The topological polar surface area (TPSA) is 83.5 Å². The van der Waals surface area contributed by atoms with E-state index in [0.29, 0.717) is 5.69 Å². The van der Waals surface area contributed by atoms with Crippen LogP contribution in [0.1, 0.15) is 11.3 Å². The van der Waals surface area contributed by atoms with Gasteiger partial charge in [-0.2, -0.15) is 5.10 Å². The predicted octanol–water partition coefficient (Wildman–Crippen LogP) is 0.848. The van der Waals surface area contributed by atoms with Gasteiger partial charge in [-0.3, -0.25) is 14.6 Å². The van der Waals surface area contributed by atoms with Gasteiger partial charge in [0.1, 0.15) is 0 Å². The van der Waals surface area contributed by atoms with Crippen LogP contribution in [0.4, 0.5) is 0 Å². The van der Waals surface area contributed by atoms with Gasteiger partial charge < -0.3 is 5.32 Å². The van der Waals surface area contributed by atoms with Gasteiger partial charge in [0.15, 0.2) is 0 Å². The van der Waals surface area contributed by atoms with Gasteiger partial charge in [-0.15, -0.1) is 0 Å². The maximum atomic E-state index is 11.5. The molecule has 6 nitrogen and oxygen atoms in total. The van der Waals surface area contributed by atoms with Crippen LogP contribution < -0.4 is 10.7 Å². The van der Waals surface area contributed by atoms with E-state index in [4.69, 9.17) is 0 Å². The molecule has 0 fully saturated rings. The normalized spacial score (nSPS) is 10.3. The maximum Gasteiger partial charge on any atom is 0.329 e. The van der Waals surface area contributed by atoms with Crippen LogP contribution in [0, 0.1) is 0 Å². The number of amides is 2. The van der Waals surface area contributed by atoms with Gasteiger partial charge in [-0.05, 0) is 17.7 Å². The van der Waals surface area contributed by atoms with Crippen molar-refractivity contribution in [2.45, 2.75) is 6.54 Å². The molecule has 2 N–H and O–H groups in total. The van der Waals surface area contributed by atoms with Crippen molar-refractivity contribution in [3.8, 4) is 0 Å². The highest BCUT2D eigenvalue weighted by Crippen LogP contribution is 1.96. The number of nitrogens with zero attached hydrogens (tertiary/aromatic N) is 2. The molecule has 1 heterocycles. The molecule has 0 saturated carbocycles. The summed E-state index contributed by atoms with van der Waals surface area (Å²) in [6.07, 6.45) is 2.97. The van der Waals surface area contributed by atoms with E-state index in [1.807, 2.05) is 30.3 Å². The summed E-state index contributed by atoms with van der Waals surface area (Å²) in [7, 11) is 0. The fourth-order valence-corrected chi connectivity index (χ4v) is 1.52. The number of benzene rings is 1. The Bertz CT molecular complexity index is 627. The molecule has 6 heteroatoms. The zero-order chi connectivity index (χ0) is 14.9. The number of hydrogen-bond donors (Lipinski definition) is 2. The lowest BCUT2D eigenvalue weighted by Gasteiger charge is -2.03. The lowest BCUT2D eigenvalue weighted by molar-refractivity contribution is -0.139. The van der Waals surface area contributed by atoms with Crippen LogP contribution >= 0.6 is 0 Å². The van der Waals surface area contributed by atoms with E-state index in [0.717, 1.165) is 5.56 Å². The number of aromatic nitrogens is 1. The first-order chi connectivity index (χ1) is 10.3. The average Bonchev–Trinajstić information content (AvgIpc) is 2.54. The van der Waals surface area contributed by atoms with Crippen LogP contribution in [0.15, 0.2) is 59.8 Å². The van der Waals surface area contributed by atoms with E-state index in [-0.39, 0.29) is 6.54 Å². The van der Waals surface area contributed by atoms with Crippen LogP contribution in [0.3, 0.4) is 0 Å². The van der Waals surface area contributed by atoms with Crippen molar-refractivity contribution in [1.29, 1.82) is 0 Å². The standard InChI is InChI=1S/C15H14N4O2/c20-14(17-10-12-6-2-1-3-7-12)15(21)19-18-11-13-8-4-5-9-16-13/h1-9,11H,10H2,(H,17,20)(H,19,21)/b18-11-. The number of nitrogens with one attached hydrogen (secondary N) is 2. The lowest BCUT2D eigenvalue weighted by Crippen LogP contribution is -2.37. The van der Waals surface area contributed by atoms with Gasteiger partial charge in [0.2, 0.25) is 0 Å². The summed E-state index contributed by atoms with van der Waals surface area (Å²) in [5.74, 6) is -1.56. The molecule has 21 heavy (non-hydrogen) atoms. The maximum absolute atomic E-state index is 11.5. The van der Waals surface area contributed by atoms with E-state index in [1.165, 1.54) is 6.21 Å². The summed E-state index contributed by atoms with van der Waals surface area (Å²) in [6, 6.07) is 14.6. The third kappa shape index (κ3) is 4.87.